The van der Waals surface area contributed by atoms with Crippen LogP contribution in [0.3, 0.4) is 0 Å². The summed E-state index contributed by atoms with van der Waals surface area (Å²) in [5.41, 5.74) is 1.44. The lowest BCUT2D eigenvalue weighted by atomic mass is 10.0. The maximum Gasteiger partial charge on any atom is 0.410 e. The van der Waals surface area contributed by atoms with Crippen LogP contribution >= 0.6 is 11.6 Å². The molecule has 2 N–H and O–H groups in total. The average Bonchev–Trinajstić information content (AvgIpc) is 3.51. The van der Waals surface area contributed by atoms with Crippen LogP contribution in [0, 0.1) is 5.82 Å². The Morgan fingerprint density at radius 1 is 1.16 bits per heavy atom. The van der Waals surface area contributed by atoms with E-state index in [1.54, 1.807) is 41.3 Å². The highest BCUT2D eigenvalue weighted by atomic mass is 35.5. The molecule has 200 valence electrons. The van der Waals surface area contributed by atoms with Crippen molar-refractivity contribution in [1.29, 1.82) is 0 Å². The molecule has 1 atom stereocenters. The van der Waals surface area contributed by atoms with Crippen LogP contribution in [0.2, 0.25) is 5.02 Å². The number of hydrogen-bond acceptors (Lipinski definition) is 6. The highest BCUT2D eigenvalue weighted by molar-refractivity contribution is 6.30. The maximum atomic E-state index is 14.6. The molecule has 2 amide bonds. The molecular formula is C27H28ClFN4O5. The van der Waals surface area contributed by atoms with E-state index in [1.165, 1.54) is 6.42 Å². The van der Waals surface area contributed by atoms with E-state index in [0.717, 1.165) is 37.1 Å². The number of nitrogens with zero attached hydrogens (tertiary/aromatic N) is 3. The Hall–Kier alpha value is -3.63. The van der Waals surface area contributed by atoms with Crippen molar-refractivity contribution in [3.63, 3.8) is 0 Å². The number of aromatic hydroxyl groups is 1. The average molecular weight is 543 g/mol. The van der Waals surface area contributed by atoms with E-state index in [4.69, 9.17) is 21.1 Å². The first-order valence-corrected chi connectivity index (χ1v) is 12.9. The summed E-state index contributed by atoms with van der Waals surface area (Å²) >= 11 is 5.83. The number of carbonyl (C=O) groups excluding carboxylic acids is 2. The molecule has 3 aliphatic heterocycles. The van der Waals surface area contributed by atoms with Gasteiger partial charge in [0.2, 0.25) is 0 Å². The van der Waals surface area contributed by atoms with E-state index in [-0.39, 0.29) is 35.6 Å². The van der Waals surface area contributed by atoms with Crippen molar-refractivity contribution in [2.45, 2.75) is 37.9 Å². The SMILES string of the molecule is O=C(NCc1ccc(Cl)cc1)c1cc(O)c(-c2cnn(C3COC3)c2)cc1F.O=C1OCC2CCCCN12. The molecule has 3 aliphatic rings. The number of ether oxygens (including phenoxy) is 2. The molecular weight excluding hydrogens is 515 g/mol. The highest BCUT2D eigenvalue weighted by Gasteiger charge is 2.34. The van der Waals surface area contributed by atoms with Crippen LogP contribution in [0.25, 0.3) is 11.1 Å². The predicted molar refractivity (Wildman–Crippen MR) is 137 cm³/mol. The van der Waals surface area contributed by atoms with Crippen molar-refractivity contribution in [3.8, 4) is 16.9 Å². The molecule has 6 rings (SSSR count). The Bertz CT molecular complexity index is 1310. The number of aromatic nitrogens is 2. The van der Waals surface area contributed by atoms with Crippen LogP contribution in [0.1, 0.15) is 41.2 Å². The zero-order valence-electron chi connectivity index (χ0n) is 20.6. The summed E-state index contributed by atoms with van der Waals surface area (Å²) in [5, 5.41) is 17.8. The first-order valence-electron chi connectivity index (χ1n) is 12.5. The van der Waals surface area contributed by atoms with Crippen molar-refractivity contribution in [3.05, 3.63) is 70.8 Å². The number of nitrogens with one attached hydrogen (secondary N) is 1. The lowest BCUT2D eigenvalue weighted by Gasteiger charge is -2.25. The first-order chi connectivity index (χ1) is 18.4. The van der Waals surface area contributed by atoms with Gasteiger partial charge in [0.25, 0.3) is 5.91 Å². The van der Waals surface area contributed by atoms with Gasteiger partial charge in [-0.2, -0.15) is 5.10 Å². The molecule has 3 aromatic rings. The number of benzene rings is 2. The van der Waals surface area contributed by atoms with Gasteiger partial charge in [-0.05, 0) is 49.1 Å². The van der Waals surface area contributed by atoms with E-state index in [2.05, 4.69) is 10.4 Å². The van der Waals surface area contributed by atoms with Crippen LogP contribution in [-0.4, -0.2) is 64.2 Å². The van der Waals surface area contributed by atoms with Crippen molar-refractivity contribution >= 4 is 23.6 Å². The van der Waals surface area contributed by atoms with Gasteiger partial charge in [0, 0.05) is 35.4 Å². The lowest BCUT2D eigenvalue weighted by molar-refractivity contribution is -0.0286. The lowest BCUT2D eigenvalue weighted by Crippen LogP contribution is -2.37. The minimum absolute atomic E-state index is 0.107. The van der Waals surface area contributed by atoms with Crippen LogP contribution in [0.4, 0.5) is 9.18 Å². The highest BCUT2D eigenvalue weighted by Crippen LogP contribution is 2.32. The Labute approximate surface area is 224 Å². The topological polar surface area (TPSA) is 106 Å². The van der Waals surface area contributed by atoms with Gasteiger partial charge in [-0.15, -0.1) is 0 Å². The number of phenols is 1. The summed E-state index contributed by atoms with van der Waals surface area (Å²) in [6.07, 6.45) is 6.69. The van der Waals surface area contributed by atoms with E-state index in [1.807, 2.05) is 4.90 Å². The van der Waals surface area contributed by atoms with Crippen LogP contribution in [0.15, 0.2) is 48.8 Å². The Morgan fingerprint density at radius 3 is 2.66 bits per heavy atom. The Balaban J connectivity index is 0.000000244. The van der Waals surface area contributed by atoms with Crippen LogP contribution in [0.5, 0.6) is 5.75 Å². The van der Waals surface area contributed by atoms with Gasteiger partial charge in [0.1, 0.15) is 18.2 Å². The number of amides is 2. The number of rotatable bonds is 5. The molecule has 2 aromatic carbocycles. The fraction of sp³-hybridized carbons (Fsp3) is 0.370. The summed E-state index contributed by atoms with van der Waals surface area (Å²) in [5.74, 6) is -1.53. The second-order valence-corrected chi connectivity index (χ2v) is 9.91. The molecule has 3 saturated heterocycles. The second kappa shape index (κ2) is 11.4. The third-order valence-electron chi connectivity index (χ3n) is 6.86. The zero-order valence-corrected chi connectivity index (χ0v) is 21.4. The fourth-order valence-corrected chi connectivity index (χ4v) is 4.69. The normalized spacial score (nSPS) is 18.6. The monoisotopic (exact) mass is 542 g/mol. The number of fused-ring (bicyclic) bond motifs is 1. The minimum atomic E-state index is -0.721. The fourth-order valence-electron chi connectivity index (χ4n) is 4.56. The first kappa shape index (κ1) is 26.0. The minimum Gasteiger partial charge on any atom is -0.507 e. The second-order valence-electron chi connectivity index (χ2n) is 9.48. The molecule has 0 bridgehead atoms. The molecule has 0 spiro atoms. The number of halogens is 2. The standard InChI is InChI=1S/C20H17ClFN3O3.C7H11NO2/c21-14-3-1-12(2-4-14)7-23-20(27)17-6-19(26)16(5-18(17)22)13-8-24-25(9-13)15-10-28-11-15;9-7-8-4-2-1-3-6(8)5-10-7/h1-6,8-9,15,26H,7,10-11H2,(H,23,27);6H,1-5H2. The molecule has 0 radical (unpaired) electrons. The van der Waals surface area contributed by atoms with Gasteiger partial charge < -0.3 is 24.8 Å². The van der Waals surface area contributed by atoms with Gasteiger partial charge in [-0.3, -0.25) is 9.48 Å². The number of phenolic OH excluding ortho intramolecular Hbond substituents is 1. The van der Waals surface area contributed by atoms with E-state index in [9.17, 15) is 19.1 Å². The Morgan fingerprint density at radius 2 is 1.95 bits per heavy atom. The summed E-state index contributed by atoms with van der Waals surface area (Å²) in [6.45, 7) is 2.90. The third kappa shape index (κ3) is 5.76. The molecule has 11 heteroatoms. The van der Waals surface area contributed by atoms with Crippen molar-refractivity contribution in [2.24, 2.45) is 0 Å². The molecule has 38 heavy (non-hydrogen) atoms. The quantitative estimate of drug-likeness (QED) is 0.490. The Kier molecular flexibility index (Phi) is 7.80. The molecule has 3 fully saturated rings. The smallest absolute Gasteiger partial charge is 0.410 e. The molecule has 0 saturated carbocycles. The van der Waals surface area contributed by atoms with Crippen molar-refractivity contribution in [1.82, 2.24) is 20.0 Å². The number of carbonyl (C=O) groups is 2. The van der Waals surface area contributed by atoms with Crippen molar-refractivity contribution in [2.75, 3.05) is 26.4 Å². The summed E-state index contributed by atoms with van der Waals surface area (Å²) < 4.78 is 26.3. The van der Waals surface area contributed by atoms with Gasteiger partial charge in [0.05, 0.1) is 37.1 Å². The molecule has 0 aliphatic carbocycles. The van der Waals surface area contributed by atoms with E-state index < -0.39 is 11.7 Å². The molecule has 4 heterocycles. The molecule has 9 nitrogen and oxygen atoms in total. The van der Waals surface area contributed by atoms with Gasteiger partial charge in [-0.25, -0.2) is 9.18 Å². The van der Waals surface area contributed by atoms with Gasteiger partial charge >= 0.3 is 6.09 Å². The van der Waals surface area contributed by atoms with Crippen molar-refractivity contribution < 1.29 is 28.6 Å². The number of cyclic esters (lactones) is 1. The van der Waals surface area contributed by atoms with E-state index >= 15 is 0 Å². The number of piperidine rings is 1. The van der Waals surface area contributed by atoms with Gasteiger partial charge in [0.15, 0.2) is 0 Å². The third-order valence-corrected chi connectivity index (χ3v) is 7.12. The number of hydrogen-bond donors (Lipinski definition) is 2. The molecule has 1 unspecified atom stereocenters. The predicted octanol–water partition coefficient (Wildman–Crippen LogP) is 4.54. The van der Waals surface area contributed by atoms with Crippen LogP contribution in [-0.2, 0) is 16.0 Å². The van der Waals surface area contributed by atoms with Gasteiger partial charge in [-0.1, -0.05) is 23.7 Å². The zero-order chi connectivity index (χ0) is 26.6. The summed E-state index contributed by atoms with van der Waals surface area (Å²) in [6, 6.07) is 9.78. The maximum absolute atomic E-state index is 14.6. The van der Waals surface area contributed by atoms with Crippen LogP contribution < -0.4 is 5.32 Å². The summed E-state index contributed by atoms with van der Waals surface area (Å²) in [4.78, 5) is 25.1. The largest absolute Gasteiger partial charge is 0.507 e. The molecule has 1 aromatic heterocycles. The van der Waals surface area contributed by atoms with E-state index in [0.29, 0.717) is 36.4 Å². The summed E-state index contributed by atoms with van der Waals surface area (Å²) in [7, 11) is 0.